The summed E-state index contributed by atoms with van der Waals surface area (Å²) in [6, 6.07) is 14.4. The van der Waals surface area contributed by atoms with Crippen molar-refractivity contribution in [3.05, 3.63) is 54.4 Å². The minimum absolute atomic E-state index is 0.0781. The molecule has 4 nitrogen and oxygen atoms in total. The molecule has 0 unspecified atom stereocenters. The van der Waals surface area contributed by atoms with Gasteiger partial charge in [-0.05, 0) is 18.2 Å². The lowest BCUT2D eigenvalue weighted by molar-refractivity contribution is 0.949. The van der Waals surface area contributed by atoms with Crippen molar-refractivity contribution in [3.8, 4) is 0 Å². The fourth-order valence-corrected chi connectivity index (χ4v) is 2.46. The Balaban J connectivity index is 1.80. The van der Waals surface area contributed by atoms with E-state index in [4.69, 9.17) is 0 Å². The molecule has 0 saturated carbocycles. The molecule has 0 amide bonds. The first kappa shape index (κ1) is 9.53. The normalized spacial score (nSPS) is 14.2. The molecule has 88 valence electrons. The molecule has 18 heavy (non-hydrogen) atoms. The van der Waals surface area contributed by atoms with Crippen LogP contribution in [0.25, 0.3) is 11.0 Å². The Morgan fingerprint density at radius 3 is 2.44 bits per heavy atom. The van der Waals surface area contributed by atoms with E-state index in [0.29, 0.717) is 0 Å². The van der Waals surface area contributed by atoms with E-state index in [1.165, 1.54) is 0 Å². The summed E-state index contributed by atoms with van der Waals surface area (Å²) in [4.78, 5) is 7.53. The quantitative estimate of drug-likeness (QED) is 0.608. The Labute approximate surface area is 104 Å². The van der Waals surface area contributed by atoms with E-state index in [2.05, 4.69) is 38.8 Å². The third-order valence-electron chi connectivity index (χ3n) is 3.32. The fourth-order valence-electron chi connectivity index (χ4n) is 2.46. The number of rotatable bonds is 1. The van der Waals surface area contributed by atoms with E-state index in [1.807, 2.05) is 24.3 Å². The maximum absolute atomic E-state index is 4.39. The summed E-state index contributed by atoms with van der Waals surface area (Å²) in [7, 11) is 0. The Hall–Kier alpha value is -2.49. The third kappa shape index (κ3) is 1.29. The molecule has 4 rings (SSSR count). The summed E-state index contributed by atoms with van der Waals surface area (Å²) in [5, 5.41) is 6.94. The van der Waals surface area contributed by atoms with Gasteiger partial charge in [0.25, 0.3) is 0 Å². The number of imidazole rings is 1. The number of hydrogen-bond acceptors (Lipinski definition) is 3. The number of anilines is 2. The molecule has 0 spiro atoms. The molecule has 3 N–H and O–H groups in total. The Kier molecular flexibility index (Phi) is 1.85. The summed E-state index contributed by atoms with van der Waals surface area (Å²) in [6.07, 6.45) is 1.81. The topological polar surface area (TPSA) is 52.7 Å². The second-order valence-corrected chi connectivity index (χ2v) is 4.41. The number of aromatic nitrogens is 2. The van der Waals surface area contributed by atoms with Crippen LogP contribution in [0.1, 0.15) is 11.7 Å². The van der Waals surface area contributed by atoms with Crippen LogP contribution in [0.4, 0.5) is 11.4 Å². The first-order chi connectivity index (χ1) is 8.92. The molecule has 4 heteroatoms. The molecule has 0 bridgehead atoms. The molecule has 2 aromatic carbocycles. The summed E-state index contributed by atoms with van der Waals surface area (Å²) in [5.74, 6) is 0. The van der Waals surface area contributed by atoms with Gasteiger partial charge in [-0.3, -0.25) is 0 Å². The van der Waals surface area contributed by atoms with Crippen LogP contribution >= 0.6 is 0 Å². The number of aromatic amines is 1. The van der Waals surface area contributed by atoms with Crippen LogP contribution < -0.4 is 10.6 Å². The van der Waals surface area contributed by atoms with E-state index < -0.39 is 0 Å². The fraction of sp³-hybridized carbons (Fsp3) is 0.0714. The minimum atomic E-state index is 0.0781. The highest BCUT2D eigenvalue weighted by atomic mass is 15.2. The number of nitrogens with one attached hydrogen (secondary N) is 3. The largest absolute Gasteiger partial charge is 0.360 e. The number of benzene rings is 2. The van der Waals surface area contributed by atoms with Crippen LogP contribution in [0.2, 0.25) is 0 Å². The van der Waals surface area contributed by atoms with E-state index >= 15 is 0 Å². The van der Waals surface area contributed by atoms with Crippen molar-refractivity contribution in [2.24, 2.45) is 0 Å². The number of hydrogen-bond donors (Lipinski definition) is 3. The Bertz CT molecular complexity index is 691. The van der Waals surface area contributed by atoms with Crippen LogP contribution in [-0.4, -0.2) is 9.97 Å². The van der Waals surface area contributed by atoms with E-state index in [0.717, 1.165) is 28.0 Å². The maximum atomic E-state index is 4.39. The van der Waals surface area contributed by atoms with Gasteiger partial charge >= 0.3 is 0 Å². The molecule has 1 aliphatic heterocycles. The maximum Gasteiger partial charge on any atom is 0.125 e. The van der Waals surface area contributed by atoms with Gasteiger partial charge in [0.2, 0.25) is 0 Å². The number of fused-ring (bicyclic) bond motifs is 2. The van der Waals surface area contributed by atoms with Gasteiger partial charge in [-0.1, -0.05) is 24.3 Å². The summed E-state index contributed by atoms with van der Waals surface area (Å²) >= 11 is 0. The lowest BCUT2D eigenvalue weighted by Gasteiger charge is -2.13. The van der Waals surface area contributed by atoms with Crippen molar-refractivity contribution < 1.29 is 0 Å². The molecule has 1 aromatic heterocycles. The van der Waals surface area contributed by atoms with E-state index in [-0.39, 0.29) is 6.17 Å². The molecule has 0 saturated heterocycles. The smallest absolute Gasteiger partial charge is 0.125 e. The van der Waals surface area contributed by atoms with Crippen LogP contribution in [0.5, 0.6) is 0 Å². The van der Waals surface area contributed by atoms with E-state index in [1.54, 1.807) is 6.33 Å². The Morgan fingerprint density at radius 1 is 0.889 bits per heavy atom. The molecular weight excluding hydrogens is 224 g/mol. The molecule has 0 radical (unpaired) electrons. The van der Waals surface area contributed by atoms with Crippen molar-refractivity contribution in [3.63, 3.8) is 0 Å². The SMILES string of the molecule is c1ccc2c(c1)NC(c1cccc3[nH]cnc13)N2. The number of nitrogens with zero attached hydrogens (tertiary/aromatic N) is 1. The highest BCUT2D eigenvalue weighted by Gasteiger charge is 2.22. The van der Waals surface area contributed by atoms with Gasteiger partial charge in [0.05, 0.1) is 28.7 Å². The first-order valence-electron chi connectivity index (χ1n) is 5.96. The van der Waals surface area contributed by atoms with Gasteiger partial charge in [0.1, 0.15) is 6.17 Å². The standard InChI is InChI=1S/C14H12N4/c1-2-6-11-10(5-1)17-14(18-11)9-4-3-7-12-13(9)16-8-15-12/h1-8,14,17-18H,(H,15,16). The predicted octanol–water partition coefficient (Wildman–Crippen LogP) is 3.10. The average molecular weight is 236 g/mol. The van der Waals surface area contributed by atoms with E-state index in [9.17, 15) is 0 Å². The number of para-hydroxylation sites is 3. The zero-order valence-corrected chi connectivity index (χ0v) is 9.64. The lowest BCUT2D eigenvalue weighted by atomic mass is 10.1. The van der Waals surface area contributed by atoms with Gasteiger partial charge in [-0.15, -0.1) is 0 Å². The van der Waals surface area contributed by atoms with Gasteiger partial charge in [0.15, 0.2) is 0 Å². The minimum Gasteiger partial charge on any atom is -0.360 e. The molecule has 0 fully saturated rings. The zero-order valence-electron chi connectivity index (χ0n) is 9.64. The second kappa shape index (κ2) is 3.50. The van der Waals surface area contributed by atoms with Crippen LogP contribution in [0.3, 0.4) is 0 Å². The first-order valence-corrected chi connectivity index (χ1v) is 5.96. The highest BCUT2D eigenvalue weighted by Crippen LogP contribution is 2.36. The third-order valence-corrected chi connectivity index (χ3v) is 3.32. The van der Waals surface area contributed by atoms with Crippen molar-refractivity contribution in [2.45, 2.75) is 6.17 Å². The van der Waals surface area contributed by atoms with Gasteiger partial charge in [-0.25, -0.2) is 4.98 Å². The van der Waals surface area contributed by atoms with Crippen molar-refractivity contribution >= 4 is 22.4 Å². The molecule has 2 heterocycles. The van der Waals surface area contributed by atoms with Crippen LogP contribution in [0.15, 0.2) is 48.8 Å². The molecule has 3 aromatic rings. The lowest BCUT2D eigenvalue weighted by Crippen LogP contribution is -2.12. The van der Waals surface area contributed by atoms with Crippen LogP contribution in [0, 0.1) is 0 Å². The second-order valence-electron chi connectivity index (χ2n) is 4.41. The van der Waals surface area contributed by atoms with Crippen molar-refractivity contribution in [1.82, 2.24) is 9.97 Å². The Morgan fingerprint density at radius 2 is 1.67 bits per heavy atom. The number of H-pyrrole nitrogens is 1. The van der Waals surface area contributed by atoms with Crippen LogP contribution in [-0.2, 0) is 0 Å². The van der Waals surface area contributed by atoms with Crippen molar-refractivity contribution in [1.29, 1.82) is 0 Å². The van der Waals surface area contributed by atoms with Gasteiger partial charge < -0.3 is 15.6 Å². The van der Waals surface area contributed by atoms with Crippen molar-refractivity contribution in [2.75, 3.05) is 10.6 Å². The van der Waals surface area contributed by atoms with Gasteiger partial charge in [-0.2, -0.15) is 0 Å². The molecule has 0 aliphatic carbocycles. The monoisotopic (exact) mass is 236 g/mol. The molecule has 1 aliphatic rings. The van der Waals surface area contributed by atoms with Gasteiger partial charge in [0, 0.05) is 5.56 Å². The summed E-state index contributed by atoms with van der Waals surface area (Å²) in [5.41, 5.74) is 5.50. The highest BCUT2D eigenvalue weighted by molar-refractivity contribution is 5.82. The molecular formula is C14H12N4. The summed E-state index contributed by atoms with van der Waals surface area (Å²) in [6.45, 7) is 0. The predicted molar refractivity (Wildman–Crippen MR) is 72.5 cm³/mol. The zero-order chi connectivity index (χ0) is 11.9. The molecule has 0 atom stereocenters. The summed E-state index contributed by atoms with van der Waals surface area (Å²) < 4.78 is 0. The average Bonchev–Trinajstić information content (AvgIpc) is 3.04.